The van der Waals surface area contributed by atoms with Gasteiger partial charge in [0, 0.05) is 28.2 Å². The van der Waals surface area contributed by atoms with E-state index in [4.69, 9.17) is 5.11 Å². The van der Waals surface area contributed by atoms with Crippen molar-refractivity contribution in [3.8, 4) is 11.8 Å². The van der Waals surface area contributed by atoms with Crippen LogP contribution < -0.4 is 5.32 Å². The van der Waals surface area contributed by atoms with Gasteiger partial charge in [0.2, 0.25) is 0 Å². The molecule has 4 nitrogen and oxygen atoms in total. The lowest BCUT2D eigenvalue weighted by atomic mass is 10.2. The Bertz CT molecular complexity index is 611. The van der Waals surface area contributed by atoms with Gasteiger partial charge in [-0.15, -0.1) is 11.3 Å². The molecule has 0 aliphatic carbocycles. The lowest BCUT2D eigenvalue weighted by molar-refractivity contribution is 0.0951. The summed E-state index contributed by atoms with van der Waals surface area (Å²) in [7, 11) is 0. The zero-order valence-corrected chi connectivity index (χ0v) is 10.9. The number of nitrogens with one attached hydrogen (secondary N) is 1. The number of aliphatic hydroxyl groups is 1. The molecule has 0 fully saturated rings. The fourth-order valence-electron chi connectivity index (χ4n) is 1.45. The minimum Gasteiger partial charge on any atom is -0.384 e. The lowest BCUT2D eigenvalue weighted by Gasteiger charge is -2.02. The van der Waals surface area contributed by atoms with Crippen LogP contribution in [0.1, 0.15) is 20.8 Å². The van der Waals surface area contributed by atoms with Gasteiger partial charge in [-0.3, -0.25) is 9.78 Å². The van der Waals surface area contributed by atoms with Crippen molar-refractivity contribution in [1.82, 2.24) is 10.3 Å². The average Bonchev–Trinajstić information content (AvgIpc) is 2.91. The maximum absolute atomic E-state index is 11.8. The number of amides is 1. The molecule has 0 aliphatic rings. The summed E-state index contributed by atoms with van der Waals surface area (Å²) in [6.45, 7) is 0.308. The molecule has 0 unspecified atom stereocenters. The zero-order chi connectivity index (χ0) is 13.5. The van der Waals surface area contributed by atoms with Crippen LogP contribution in [-0.2, 0) is 6.54 Å². The van der Waals surface area contributed by atoms with Crippen LogP contribution in [-0.4, -0.2) is 22.6 Å². The first-order valence-corrected chi connectivity index (χ1v) is 6.53. The normalized spacial score (nSPS) is 9.53. The van der Waals surface area contributed by atoms with Crippen molar-refractivity contribution in [3.05, 3.63) is 52.0 Å². The second kappa shape index (κ2) is 6.69. The van der Waals surface area contributed by atoms with Gasteiger partial charge >= 0.3 is 0 Å². The molecule has 2 aromatic heterocycles. The Morgan fingerprint density at radius 1 is 1.53 bits per heavy atom. The van der Waals surface area contributed by atoms with Crippen LogP contribution in [0.4, 0.5) is 0 Å². The number of hydrogen-bond acceptors (Lipinski definition) is 4. The topological polar surface area (TPSA) is 62.2 Å². The quantitative estimate of drug-likeness (QED) is 0.831. The number of hydrogen-bond donors (Lipinski definition) is 2. The average molecular weight is 272 g/mol. The molecule has 2 heterocycles. The van der Waals surface area contributed by atoms with E-state index in [1.54, 1.807) is 18.3 Å². The lowest BCUT2D eigenvalue weighted by Crippen LogP contribution is -2.22. The minimum atomic E-state index is -0.150. The third-order valence-electron chi connectivity index (χ3n) is 2.31. The van der Waals surface area contributed by atoms with Crippen LogP contribution in [0.25, 0.3) is 0 Å². The van der Waals surface area contributed by atoms with E-state index in [-0.39, 0.29) is 12.5 Å². The highest BCUT2D eigenvalue weighted by Gasteiger charge is 2.05. The molecule has 0 spiro atoms. The smallest absolute Gasteiger partial charge is 0.253 e. The van der Waals surface area contributed by atoms with Crippen molar-refractivity contribution < 1.29 is 9.90 Å². The second-order valence-corrected chi connectivity index (χ2v) is 4.68. The first-order valence-electron chi connectivity index (χ1n) is 5.65. The van der Waals surface area contributed by atoms with Gasteiger partial charge in [0.15, 0.2) is 0 Å². The van der Waals surface area contributed by atoms with Crippen LogP contribution in [0.3, 0.4) is 0 Å². The first kappa shape index (κ1) is 13.3. The summed E-state index contributed by atoms with van der Waals surface area (Å²) in [6, 6.07) is 5.34. The maximum atomic E-state index is 11.8. The summed E-state index contributed by atoms with van der Waals surface area (Å²) in [4.78, 5) is 16.7. The van der Waals surface area contributed by atoms with Crippen LogP contribution in [0.15, 0.2) is 36.0 Å². The van der Waals surface area contributed by atoms with Gasteiger partial charge < -0.3 is 10.4 Å². The van der Waals surface area contributed by atoms with Gasteiger partial charge in [0.1, 0.15) is 6.61 Å². The van der Waals surface area contributed by atoms with Gasteiger partial charge in [0.25, 0.3) is 5.91 Å². The number of nitrogens with zero attached hydrogens (tertiary/aromatic N) is 1. The summed E-state index contributed by atoms with van der Waals surface area (Å²) in [5.74, 6) is 5.26. The van der Waals surface area contributed by atoms with Gasteiger partial charge in [-0.2, -0.15) is 0 Å². The second-order valence-electron chi connectivity index (χ2n) is 3.69. The SMILES string of the molecule is O=C(NCc1cc(C#CCO)cs1)c1cccnc1. The maximum Gasteiger partial charge on any atom is 0.253 e. The van der Waals surface area contributed by atoms with Gasteiger partial charge in [0.05, 0.1) is 12.1 Å². The van der Waals surface area contributed by atoms with Gasteiger partial charge in [-0.1, -0.05) is 11.8 Å². The number of rotatable bonds is 3. The minimum absolute atomic E-state index is 0.149. The molecular weight excluding hydrogens is 260 g/mol. The Kier molecular flexibility index (Phi) is 4.67. The van der Waals surface area contributed by atoms with E-state index >= 15 is 0 Å². The van der Waals surface area contributed by atoms with Crippen molar-refractivity contribution in [2.24, 2.45) is 0 Å². The Hall–Kier alpha value is -2.16. The standard InChI is InChI=1S/C14H12N2O2S/c17-6-2-3-11-7-13(19-10-11)9-16-14(18)12-4-1-5-15-8-12/h1,4-5,7-8,10,17H,6,9H2,(H,16,18). The Labute approximate surface area is 115 Å². The number of carbonyl (C=O) groups excluding carboxylic acids is 1. The monoisotopic (exact) mass is 272 g/mol. The van der Waals surface area contributed by atoms with E-state index in [0.29, 0.717) is 12.1 Å². The molecule has 2 N–H and O–H groups in total. The van der Waals surface area contributed by atoms with Crippen LogP contribution in [0.2, 0.25) is 0 Å². The summed E-state index contributed by atoms with van der Waals surface area (Å²) in [5.41, 5.74) is 1.39. The van der Waals surface area contributed by atoms with Crippen LogP contribution in [0, 0.1) is 11.8 Å². The highest BCUT2D eigenvalue weighted by atomic mass is 32.1. The van der Waals surface area contributed by atoms with Gasteiger partial charge in [-0.25, -0.2) is 0 Å². The van der Waals surface area contributed by atoms with Crippen molar-refractivity contribution in [2.45, 2.75) is 6.54 Å². The number of carbonyl (C=O) groups is 1. The van der Waals surface area contributed by atoms with E-state index < -0.39 is 0 Å². The first-order chi connectivity index (χ1) is 9.29. The predicted octanol–water partition coefficient (Wildman–Crippen LogP) is 1.42. The molecule has 19 heavy (non-hydrogen) atoms. The third-order valence-corrected chi connectivity index (χ3v) is 3.25. The zero-order valence-electron chi connectivity index (χ0n) is 10.1. The Morgan fingerprint density at radius 3 is 3.16 bits per heavy atom. The number of aliphatic hydroxyl groups excluding tert-OH is 1. The van der Waals surface area contributed by atoms with Gasteiger partial charge in [-0.05, 0) is 18.2 Å². The number of aromatic nitrogens is 1. The molecule has 2 aromatic rings. The van der Waals surface area contributed by atoms with E-state index in [1.165, 1.54) is 17.5 Å². The van der Waals surface area contributed by atoms with E-state index in [9.17, 15) is 4.79 Å². The molecule has 0 bridgehead atoms. The molecule has 0 saturated heterocycles. The molecule has 2 rings (SSSR count). The van der Waals surface area contributed by atoms with Crippen LogP contribution >= 0.6 is 11.3 Å². The molecule has 0 saturated carbocycles. The fourth-order valence-corrected chi connectivity index (χ4v) is 2.20. The molecule has 0 radical (unpaired) electrons. The molecule has 0 atom stereocenters. The van der Waals surface area contributed by atoms with Crippen LogP contribution in [0.5, 0.6) is 0 Å². The highest BCUT2D eigenvalue weighted by molar-refractivity contribution is 7.10. The van der Waals surface area contributed by atoms with Crippen molar-refractivity contribution >= 4 is 17.2 Å². The molecule has 5 heteroatoms. The molecular formula is C14H12N2O2S. The molecule has 0 aromatic carbocycles. The highest BCUT2D eigenvalue weighted by Crippen LogP contribution is 2.13. The molecule has 96 valence electrons. The predicted molar refractivity (Wildman–Crippen MR) is 73.7 cm³/mol. The number of pyridine rings is 1. The Morgan fingerprint density at radius 2 is 2.42 bits per heavy atom. The summed E-state index contributed by atoms with van der Waals surface area (Å²) in [6.07, 6.45) is 3.16. The summed E-state index contributed by atoms with van der Waals surface area (Å²) in [5, 5.41) is 13.3. The fraction of sp³-hybridized carbons (Fsp3) is 0.143. The Balaban J connectivity index is 1.92. The van der Waals surface area contributed by atoms with Crippen molar-refractivity contribution in [1.29, 1.82) is 0 Å². The summed E-state index contributed by atoms with van der Waals surface area (Å²) < 4.78 is 0. The molecule has 0 aliphatic heterocycles. The van der Waals surface area contributed by atoms with Crippen molar-refractivity contribution in [3.63, 3.8) is 0 Å². The third kappa shape index (κ3) is 3.91. The van der Waals surface area contributed by atoms with Crippen molar-refractivity contribution in [2.75, 3.05) is 6.61 Å². The van der Waals surface area contributed by atoms with E-state index in [2.05, 4.69) is 22.1 Å². The van der Waals surface area contributed by atoms with E-state index in [0.717, 1.165) is 10.4 Å². The largest absolute Gasteiger partial charge is 0.384 e. The number of thiophene rings is 1. The summed E-state index contributed by atoms with van der Waals surface area (Å²) >= 11 is 1.52. The van der Waals surface area contributed by atoms with E-state index in [1.807, 2.05) is 11.4 Å². The molecule has 1 amide bonds.